The van der Waals surface area contributed by atoms with Crippen molar-refractivity contribution in [3.8, 4) is 0 Å². The third-order valence-corrected chi connectivity index (χ3v) is 5.13. The van der Waals surface area contributed by atoms with Gasteiger partial charge in [-0.1, -0.05) is 31.9 Å². The summed E-state index contributed by atoms with van der Waals surface area (Å²) in [5.41, 5.74) is -0.273. The van der Waals surface area contributed by atoms with Gasteiger partial charge >= 0.3 is 75.1 Å². The maximum Gasteiger partial charge on any atom is 1.00 e. The molecule has 0 aliphatic rings. The minimum absolute atomic E-state index is 0. The van der Waals surface area contributed by atoms with Crippen molar-refractivity contribution in [1.29, 1.82) is 0 Å². The van der Waals surface area contributed by atoms with Crippen molar-refractivity contribution in [2.75, 3.05) is 20.1 Å². The van der Waals surface area contributed by atoms with Gasteiger partial charge in [0.25, 0.3) is 0 Å². The molecule has 0 fully saturated rings. The second-order valence-corrected chi connectivity index (χ2v) is 8.23. The normalized spacial score (nSPS) is 11.7. The molecule has 12 heteroatoms. The van der Waals surface area contributed by atoms with Gasteiger partial charge in [0.1, 0.15) is 12.7 Å². The molecular weight excluding hydrogens is 633 g/mol. The molecule has 0 saturated heterocycles. The van der Waals surface area contributed by atoms with Gasteiger partial charge in [0.05, 0.1) is 23.4 Å². The van der Waals surface area contributed by atoms with E-state index in [4.69, 9.17) is 0 Å². The molecule has 0 saturated carbocycles. The summed E-state index contributed by atoms with van der Waals surface area (Å²) in [6.45, 7) is 11.2. The summed E-state index contributed by atoms with van der Waals surface area (Å²) in [4.78, 5) is 25.5. The summed E-state index contributed by atoms with van der Waals surface area (Å²) >= 11 is 0. The zero-order valence-corrected chi connectivity index (χ0v) is 28.3. The largest absolute Gasteiger partial charge is 1.00 e. The number of carbonyl (C=O) groups is 1. The quantitative estimate of drug-likeness (QED) is 0.252. The van der Waals surface area contributed by atoms with Gasteiger partial charge in [0.2, 0.25) is 5.91 Å². The molecule has 0 radical (unpaired) electrons. The van der Waals surface area contributed by atoms with Crippen LogP contribution in [-0.2, 0) is 11.2 Å². The third kappa shape index (κ3) is 11.5. The summed E-state index contributed by atoms with van der Waals surface area (Å²) in [6, 6.07) is 1.49. The van der Waals surface area contributed by atoms with Crippen LogP contribution in [0.5, 0.6) is 0 Å². The van der Waals surface area contributed by atoms with E-state index in [0.29, 0.717) is 18.4 Å². The Morgan fingerprint density at radius 3 is 2.46 bits per heavy atom. The van der Waals surface area contributed by atoms with Gasteiger partial charge in [-0.2, -0.15) is 13.2 Å². The molecule has 1 amide bonds. The SMILES string of the molecule is C=Cc1c(C(=C)N/C(=C\F)CCN([CH2-])C)cc(/C=C/CNC(=O)Cc2cncnc2)nc1C(=C)C(F)(F)F.[Cs+]. The number of hydrogen-bond donors (Lipinski definition) is 2. The van der Waals surface area contributed by atoms with Crippen molar-refractivity contribution < 1.29 is 91.2 Å². The summed E-state index contributed by atoms with van der Waals surface area (Å²) in [7, 11) is 5.42. The van der Waals surface area contributed by atoms with Gasteiger partial charge < -0.3 is 15.5 Å². The minimum Gasteiger partial charge on any atom is -0.461 e. The molecule has 0 spiro atoms. The van der Waals surface area contributed by atoms with Crippen LogP contribution < -0.4 is 79.5 Å². The Labute approximate surface area is 284 Å². The monoisotopic (exact) mass is 662 g/mol. The average molecular weight is 662 g/mol. The van der Waals surface area contributed by atoms with Gasteiger partial charge in [-0.05, 0) is 31.3 Å². The Kier molecular flexibility index (Phi) is 15.2. The summed E-state index contributed by atoms with van der Waals surface area (Å²) < 4.78 is 54.2. The first kappa shape index (κ1) is 35.0. The molecule has 2 aromatic rings. The Morgan fingerprint density at radius 1 is 1.23 bits per heavy atom. The van der Waals surface area contributed by atoms with E-state index in [1.54, 1.807) is 11.9 Å². The molecule has 0 atom stereocenters. The van der Waals surface area contributed by atoms with Gasteiger partial charge in [0, 0.05) is 47.9 Å². The first-order valence-electron chi connectivity index (χ1n) is 11.3. The number of amides is 1. The maximum absolute atomic E-state index is 13.6. The van der Waals surface area contributed by atoms with E-state index in [1.807, 2.05) is 0 Å². The summed E-state index contributed by atoms with van der Waals surface area (Å²) in [5, 5.41) is 5.48. The van der Waals surface area contributed by atoms with E-state index in [9.17, 15) is 22.4 Å². The number of rotatable bonds is 13. The predicted octanol–water partition coefficient (Wildman–Crippen LogP) is 1.95. The van der Waals surface area contributed by atoms with Crippen LogP contribution in [0.2, 0.25) is 0 Å². The minimum atomic E-state index is -4.75. The zero-order valence-electron chi connectivity index (χ0n) is 22.0. The summed E-state index contributed by atoms with van der Waals surface area (Å²) in [6.07, 6.45) is 4.53. The van der Waals surface area contributed by atoms with E-state index < -0.39 is 17.4 Å². The van der Waals surface area contributed by atoms with E-state index in [-0.39, 0.29) is 122 Å². The molecular formula is C27H29CsF4N6O. The molecule has 0 bridgehead atoms. The van der Waals surface area contributed by atoms with E-state index in [1.165, 1.54) is 43.0 Å². The fraction of sp³-hybridized carbons (Fsp3) is 0.222. The van der Waals surface area contributed by atoms with Crippen molar-refractivity contribution in [2.45, 2.75) is 19.0 Å². The predicted molar refractivity (Wildman–Crippen MR) is 141 cm³/mol. The number of allylic oxidation sites excluding steroid dienone is 1. The number of alkyl halides is 3. The van der Waals surface area contributed by atoms with Crippen LogP contribution in [0.15, 0.2) is 62.6 Å². The number of nitrogens with one attached hydrogen (secondary N) is 2. The van der Waals surface area contributed by atoms with E-state index in [0.717, 1.165) is 0 Å². The molecule has 2 N–H and O–H groups in total. The summed E-state index contributed by atoms with van der Waals surface area (Å²) in [5.74, 6) is -0.290. The molecule has 2 heterocycles. The van der Waals surface area contributed by atoms with Gasteiger partial charge in [-0.15, -0.1) is 0 Å². The first-order valence-corrected chi connectivity index (χ1v) is 11.3. The van der Waals surface area contributed by atoms with Gasteiger partial charge in [-0.25, -0.2) is 19.3 Å². The van der Waals surface area contributed by atoms with Crippen molar-refractivity contribution in [3.05, 3.63) is 97.8 Å². The average Bonchev–Trinajstić information content (AvgIpc) is 2.87. The molecule has 0 aliphatic heterocycles. The standard InChI is InChI=1S/C27H29F4N6O.Cs/c1-6-23-24(19(3)35-22(14-28)9-11-37(4)5)13-21(36-26(23)18(2)27(29,30)31)8-7-10-34-25(38)12-20-15-32-17-33-16-20;/h6-8,13-17,35H,1-4,9-12H2,5H3,(H,34,38);/q-1;+1/b8-7+,22-14-;. The van der Waals surface area contributed by atoms with Crippen LogP contribution >= 0.6 is 0 Å². The molecule has 0 aromatic carbocycles. The van der Waals surface area contributed by atoms with Crippen molar-refractivity contribution >= 4 is 29.3 Å². The van der Waals surface area contributed by atoms with E-state index >= 15 is 0 Å². The van der Waals surface area contributed by atoms with Gasteiger partial charge in [0.15, 0.2) is 0 Å². The fourth-order valence-electron chi connectivity index (χ4n) is 3.22. The smallest absolute Gasteiger partial charge is 0.461 e. The molecule has 0 unspecified atom stereocenters. The molecule has 202 valence electrons. The molecule has 7 nitrogen and oxygen atoms in total. The Hall–Kier alpha value is -2.07. The second-order valence-electron chi connectivity index (χ2n) is 8.23. The Morgan fingerprint density at radius 2 is 1.90 bits per heavy atom. The van der Waals surface area contributed by atoms with Crippen LogP contribution in [0.4, 0.5) is 17.6 Å². The fourth-order valence-corrected chi connectivity index (χ4v) is 3.22. The van der Waals surface area contributed by atoms with Crippen molar-refractivity contribution in [3.63, 3.8) is 0 Å². The van der Waals surface area contributed by atoms with Crippen molar-refractivity contribution in [2.24, 2.45) is 0 Å². The Bertz CT molecular complexity index is 1230. The van der Waals surface area contributed by atoms with Crippen LogP contribution in [0.25, 0.3) is 23.4 Å². The number of hydrogen-bond acceptors (Lipinski definition) is 6. The molecule has 2 rings (SSSR count). The van der Waals surface area contributed by atoms with Gasteiger partial charge in [-0.3, -0.25) is 11.8 Å². The Balaban J connectivity index is 0.00000760. The molecule has 0 aliphatic carbocycles. The number of halogens is 4. The van der Waals surface area contributed by atoms with Crippen LogP contribution in [0, 0.1) is 7.05 Å². The molecule has 39 heavy (non-hydrogen) atoms. The number of nitrogens with zero attached hydrogens (tertiary/aromatic N) is 4. The second kappa shape index (κ2) is 16.9. The van der Waals surface area contributed by atoms with Crippen LogP contribution in [-0.4, -0.2) is 52.1 Å². The van der Waals surface area contributed by atoms with Crippen molar-refractivity contribution in [1.82, 2.24) is 30.5 Å². The number of aromatic nitrogens is 3. The third-order valence-electron chi connectivity index (χ3n) is 5.13. The maximum atomic E-state index is 13.6. The number of carbonyl (C=O) groups excluding carboxylic acids is 1. The number of pyridine rings is 1. The first-order chi connectivity index (χ1) is 18.0. The van der Waals surface area contributed by atoms with Crippen LogP contribution in [0.3, 0.4) is 0 Å². The van der Waals surface area contributed by atoms with Crippen LogP contribution in [0.1, 0.15) is 34.5 Å². The molecule has 2 aromatic heterocycles. The topological polar surface area (TPSA) is 83.0 Å². The zero-order chi connectivity index (χ0) is 28.3. The van der Waals surface area contributed by atoms with E-state index in [2.05, 4.69) is 52.4 Å².